The van der Waals surface area contributed by atoms with Crippen molar-refractivity contribution >= 4 is 11.8 Å². The van der Waals surface area contributed by atoms with E-state index in [1.165, 1.54) is 0 Å². The molecule has 1 N–H and O–H groups in total. The Kier molecular flexibility index (Phi) is 6.37. The predicted molar refractivity (Wildman–Crippen MR) is 66.8 cm³/mol. The van der Waals surface area contributed by atoms with Crippen molar-refractivity contribution in [1.82, 2.24) is 15.3 Å². The topological polar surface area (TPSA) is 47.0 Å². The van der Waals surface area contributed by atoms with Gasteiger partial charge in [-0.3, -0.25) is 0 Å². The number of nitrogens with one attached hydrogen (secondary N) is 1. The van der Waals surface area contributed by atoms with Gasteiger partial charge in [-0.15, -0.1) is 0 Å². The number of aromatic nitrogens is 2. The normalized spacial score (nSPS) is 12.7. The van der Waals surface area contributed by atoms with Crippen LogP contribution in [0.5, 0.6) is 0 Å². The third-order valence-electron chi connectivity index (χ3n) is 2.05. The highest BCUT2D eigenvalue weighted by Gasteiger charge is 2.08. The fraction of sp³-hybridized carbons (Fsp3) is 0.636. The van der Waals surface area contributed by atoms with Gasteiger partial charge in [0.1, 0.15) is 0 Å². The maximum absolute atomic E-state index is 5.15. The molecule has 16 heavy (non-hydrogen) atoms. The van der Waals surface area contributed by atoms with Gasteiger partial charge in [0.25, 0.3) is 0 Å². The fourth-order valence-electron chi connectivity index (χ4n) is 1.33. The SMILES string of the molecule is CCNC(COC)CSc1nccc(C)n1. The quantitative estimate of drug-likeness (QED) is 0.579. The minimum absolute atomic E-state index is 0.351. The standard InChI is InChI=1S/C11H19N3OS/c1-4-12-10(7-15-3)8-16-11-13-6-5-9(2)14-11/h5-6,10,12H,4,7-8H2,1-3H3. The van der Waals surface area contributed by atoms with E-state index < -0.39 is 0 Å². The number of rotatable bonds is 7. The number of hydrogen-bond donors (Lipinski definition) is 1. The number of aryl methyl sites for hydroxylation is 1. The lowest BCUT2D eigenvalue weighted by molar-refractivity contribution is 0.174. The molecule has 0 amide bonds. The molecule has 5 heteroatoms. The summed E-state index contributed by atoms with van der Waals surface area (Å²) in [5, 5.41) is 4.20. The van der Waals surface area contributed by atoms with Gasteiger partial charge in [0, 0.05) is 30.8 Å². The summed E-state index contributed by atoms with van der Waals surface area (Å²) >= 11 is 1.66. The van der Waals surface area contributed by atoms with E-state index in [2.05, 4.69) is 22.2 Å². The summed E-state index contributed by atoms with van der Waals surface area (Å²) < 4.78 is 5.15. The minimum Gasteiger partial charge on any atom is -0.383 e. The van der Waals surface area contributed by atoms with Crippen molar-refractivity contribution in [3.63, 3.8) is 0 Å². The first-order chi connectivity index (χ1) is 7.76. The van der Waals surface area contributed by atoms with E-state index >= 15 is 0 Å². The summed E-state index contributed by atoms with van der Waals surface area (Å²) in [5.41, 5.74) is 1.00. The summed E-state index contributed by atoms with van der Waals surface area (Å²) in [7, 11) is 1.72. The first-order valence-corrected chi connectivity index (χ1v) is 6.39. The average molecular weight is 241 g/mol. The highest BCUT2D eigenvalue weighted by atomic mass is 32.2. The molecule has 0 spiro atoms. The molecule has 1 aromatic rings. The third kappa shape index (κ3) is 4.92. The van der Waals surface area contributed by atoms with Crippen molar-refractivity contribution in [3.8, 4) is 0 Å². The Hall–Kier alpha value is -0.650. The van der Waals surface area contributed by atoms with E-state index in [-0.39, 0.29) is 0 Å². The van der Waals surface area contributed by atoms with Gasteiger partial charge in [-0.05, 0) is 19.5 Å². The molecule has 1 aromatic heterocycles. The Morgan fingerprint density at radius 2 is 2.38 bits per heavy atom. The predicted octanol–water partition coefficient (Wildman–Crippen LogP) is 1.50. The molecule has 1 atom stereocenters. The van der Waals surface area contributed by atoms with Crippen molar-refractivity contribution < 1.29 is 4.74 Å². The Bertz CT molecular complexity index is 303. The van der Waals surface area contributed by atoms with E-state index in [1.807, 2.05) is 13.0 Å². The summed E-state index contributed by atoms with van der Waals surface area (Å²) in [6, 6.07) is 2.25. The molecule has 1 unspecified atom stereocenters. The average Bonchev–Trinajstić information content (AvgIpc) is 2.27. The van der Waals surface area contributed by atoms with E-state index in [9.17, 15) is 0 Å². The third-order valence-corrected chi connectivity index (χ3v) is 3.07. The number of thioether (sulfide) groups is 1. The molecule has 0 saturated carbocycles. The summed E-state index contributed by atoms with van der Waals surface area (Å²) in [6.07, 6.45) is 1.79. The van der Waals surface area contributed by atoms with Crippen LogP contribution in [-0.2, 0) is 4.74 Å². The maximum Gasteiger partial charge on any atom is 0.187 e. The smallest absolute Gasteiger partial charge is 0.187 e. The van der Waals surface area contributed by atoms with Crippen LogP contribution in [0.15, 0.2) is 17.4 Å². The van der Waals surface area contributed by atoms with Crippen molar-refractivity contribution in [2.75, 3.05) is 26.0 Å². The van der Waals surface area contributed by atoms with E-state index in [0.717, 1.165) is 23.1 Å². The van der Waals surface area contributed by atoms with Crippen molar-refractivity contribution in [2.45, 2.75) is 25.0 Å². The monoisotopic (exact) mass is 241 g/mol. The highest BCUT2D eigenvalue weighted by Crippen LogP contribution is 2.13. The Labute approximate surface area is 101 Å². The molecule has 0 radical (unpaired) electrons. The fourth-order valence-corrected chi connectivity index (χ4v) is 2.23. The minimum atomic E-state index is 0.351. The summed E-state index contributed by atoms with van der Waals surface area (Å²) in [5.74, 6) is 0.922. The number of likely N-dealkylation sites (N-methyl/N-ethyl adjacent to an activating group) is 1. The van der Waals surface area contributed by atoms with Crippen LogP contribution >= 0.6 is 11.8 Å². The Morgan fingerprint density at radius 1 is 1.56 bits per heavy atom. The van der Waals surface area contributed by atoms with E-state index in [4.69, 9.17) is 4.74 Å². The second-order valence-electron chi connectivity index (χ2n) is 3.50. The van der Waals surface area contributed by atoms with Crippen LogP contribution in [0, 0.1) is 6.92 Å². The Morgan fingerprint density at radius 3 is 3.00 bits per heavy atom. The molecule has 0 bridgehead atoms. The maximum atomic E-state index is 5.15. The molecule has 1 heterocycles. The molecule has 90 valence electrons. The van der Waals surface area contributed by atoms with Crippen molar-refractivity contribution in [3.05, 3.63) is 18.0 Å². The lowest BCUT2D eigenvalue weighted by atomic mass is 10.3. The molecular formula is C11H19N3OS. The zero-order valence-corrected chi connectivity index (χ0v) is 10.9. The number of nitrogens with zero attached hydrogens (tertiary/aromatic N) is 2. The molecule has 0 aromatic carbocycles. The molecule has 0 aliphatic heterocycles. The van der Waals surface area contributed by atoms with Crippen LogP contribution in [0.25, 0.3) is 0 Å². The molecule has 0 aliphatic rings. The number of ether oxygens (including phenoxy) is 1. The second kappa shape index (κ2) is 7.60. The second-order valence-corrected chi connectivity index (χ2v) is 4.49. The molecule has 0 aliphatic carbocycles. The van der Waals surface area contributed by atoms with Crippen LogP contribution in [-0.4, -0.2) is 42.0 Å². The summed E-state index contributed by atoms with van der Waals surface area (Å²) in [4.78, 5) is 8.56. The van der Waals surface area contributed by atoms with Gasteiger partial charge >= 0.3 is 0 Å². The number of hydrogen-bond acceptors (Lipinski definition) is 5. The van der Waals surface area contributed by atoms with E-state index in [1.54, 1.807) is 25.1 Å². The molecule has 0 saturated heterocycles. The highest BCUT2D eigenvalue weighted by molar-refractivity contribution is 7.99. The molecule has 1 rings (SSSR count). The lowest BCUT2D eigenvalue weighted by Gasteiger charge is -2.15. The van der Waals surface area contributed by atoms with Crippen molar-refractivity contribution in [1.29, 1.82) is 0 Å². The van der Waals surface area contributed by atoms with Gasteiger partial charge in [0.2, 0.25) is 0 Å². The van der Waals surface area contributed by atoms with Gasteiger partial charge in [-0.25, -0.2) is 9.97 Å². The van der Waals surface area contributed by atoms with Crippen molar-refractivity contribution in [2.24, 2.45) is 0 Å². The molecular weight excluding hydrogens is 222 g/mol. The zero-order chi connectivity index (χ0) is 11.8. The van der Waals surface area contributed by atoms with E-state index in [0.29, 0.717) is 12.6 Å². The molecule has 0 fully saturated rings. The van der Waals surface area contributed by atoms with Gasteiger partial charge in [0.05, 0.1) is 6.61 Å². The van der Waals surface area contributed by atoms with Crippen LogP contribution in [0.4, 0.5) is 0 Å². The first kappa shape index (κ1) is 13.4. The largest absolute Gasteiger partial charge is 0.383 e. The van der Waals surface area contributed by atoms with Gasteiger partial charge < -0.3 is 10.1 Å². The Balaban J connectivity index is 2.41. The van der Waals surface area contributed by atoms with Gasteiger partial charge in [-0.2, -0.15) is 0 Å². The van der Waals surface area contributed by atoms with Crippen LogP contribution in [0.1, 0.15) is 12.6 Å². The first-order valence-electron chi connectivity index (χ1n) is 5.41. The summed E-state index contributed by atoms with van der Waals surface area (Å²) in [6.45, 7) is 5.73. The van der Waals surface area contributed by atoms with Crippen LogP contribution in [0.2, 0.25) is 0 Å². The zero-order valence-electron chi connectivity index (χ0n) is 10.1. The van der Waals surface area contributed by atoms with Gasteiger partial charge in [-0.1, -0.05) is 18.7 Å². The molecule has 4 nitrogen and oxygen atoms in total. The van der Waals surface area contributed by atoms with Crippen LogP contribution < -0.4 is 5.32 Å². The number of methoxy groups -OCH3 is 1. The van der Waals surface area contributed by atoms with Gasteiger partial charge in [0.15, 0.2) is 5.16 Å². The lowest BCUT2D eigenvalue weighted by Crippen LogP contribution is -2.35. The van der Waals surface area contributed by atoms with Crippen LogP contribution in [0.3, 0.4) is 0 Å².